The Morgan fingerprint density at radius 1 is 0.920 bits per heavy atom. The monoisotopic (exact) mass is 695 g/mol. The number of alkyl halides is 3. The van der Waals surface area contributed by atoms with Crippen LogP contribution in [0.2, 0.25) is 0 Å². The van der Waals surface area contributed by atoms with Gasteiger partial charge in [0.25, 0.3) is 0 Å². The summed E-state index contributed by atoms with van der Waals surface area (Å²) in [5.41, 5.74) is 5.27. The molecule has 3 saturated heterocycles. The second kappa shape index (κ2) is 16.0. The smallest absolute Gasteiger partial charge is 0.392 e. The molecule has 0 aliphatic carbocycles. The van der Waals surface area contributed by atoms with Crippen molar-refractivity contribution in [3.63, 3.8) is 0 Å². The number of ether oxygens (including phenoxy) is 3. The summed E-state index contributed by atoms with van der Waals surface area (Å²) in [6, 6.07) is 22.5. The molecule has 0 unspecified atom stereocenters. The SMILES string of the molecule is COC[C@@H]1CCCN1C[C@@H]1C[C@H](c2ccc(CO)cc2)O[C@H](c2cccc(-c3cccc(CNC(=O)[C@@H]4CCCN4C(=O)C(F)(F)F)c3)c2)O1. The molecule has 2 N–H and O–H groups in total. The van der Waals surface area contributed by atoms with E-state index in [1.807, 2.05) is 72.8 Å². The van der Waals surface area contributed by atoms with Gasteiger partial charge in [-0.3, -0.25) is 14.5 Å². The standard InChI is InChI=1S/C38H44F3N3O6/c1-48-24-31-10-4-16-43(31)22-32-20-34(27-14-12-25(23-45)13-15-27)50-36(49-32)30-9-3-8-29(19-30)28-7-2-6-26(18-28)21-42-35(46)33-11-5-17-44(33)37(47)38(39,40)41/h2-3,6-9,12-15,18-19,31-34,36,45H,4-5,10-11,16-17,20-24H2,1H3,(H,42,46)/t31-,32-,33-,34+,36+/m0/s1. The van der Waals surface area contributed by atoms with Crippen LogP contribution in [0.3, 0.4) is 0 Å². The summed E-state index contributed by atoms with van der Waals surface area (Å²) in [4.78, 5) is 27.8. The van der Waals surface area contributed by atoms with Crippen LogP contribution in [0.25, 0.3) is 11.1 Å². The molecule has 50 heavy (non-hydrogen) atoms. The lowest BCUT2D eigenvalue weighted by atomic mass is 9.98. The van der Waals surface area contributed by atoms with Crippen molar-refractivity contribution in [2.45, 2.75) is 82.0 Å². The van der Waals surface area contributed by atoms with Gasteiger partial charge in [-0.15, -0.1) is 0 Å². The Bertz CT molecular complexity index is 1620. The molecule has 0 saturated carbocycles. The van der Waals surface area contributed by atoms with Crippen LogP contribution in [0, 0.1) is 0 Å². The van der Waals surface area contributed by atoms with E-state index in [1.165, 1.54) is 0 Å². The minimum absolute atomic E-state index is 0.0293. The summed E-state index contributed by atoms with van der Waals surface area (Å²) < 4.78 is 57.9. The number of hydrogen-bond donors (Lipinski definition) is 2. The molecule has 0 bridgehead atoms. The van der Waals surface area contributed by atoms with E-state index in [-0.39, 0.29) is 38.3 Å². The number of halogens is 3. The van der Waals surface area contributed by atoms with Crippen LogP contribution in [0.4, 0.5) is 13.2 Å². The fourth-order valence-corrected chi connectivity index (χ4v) is 7.29. The molecule has 3 aliphatic rings. The molecule has 0 aromatic heterocycles. The van der Waals surface area contributed by atoms with Crippen molar-refractivity contribution in [2.75, 3.05) is 33.4 Å². The Balaban J connectivity index is 1.17. The summed E-state index contributed by atoms with van der Waals surface area (Å²) >= 11 is 0. The van der Waals surface area contributed by atoms with Gasteiger partial charge in [-0.25, -0.2) is 0 Å². The van der Waals surface area contributed by atoms with Crippen molar-refractivity contribution in [2.24, 2.45) is 0 Å². The molecular formula is C38H44F3N3O6. The van der Waals surface area contributed by atoms with Gasteiger partial charge < -0.3 is 29.5 Å². The molecule has 0 radical (unpaired) electrons. The Hall–Kier alpha value is -3.81. The van der Waals surface area contributed by atoms with Gasteiger partial charge in [-0.05, 0) is 72.2 Å². The molecule has 2 amide bonds. The van der Waals surface area contributed by atoms with Crippen LogP contribution in [-0.2, 0) is 37.0 Å². The molecule has 3 aliphatic heterocycles. The number of rotatable bonds is 11. The molecule has 6 rings (SSSR count). The fraction of sp³-hybridized carbons (Fsp3) is 0.474. The van der Waals surface area contributed by atoms with Crippen molar-refractivity contribution in [3.8, 4) is 11.1 Å². The Morgan fingerprint density at radius 2 is 1.66 bits per heavy atom. The van der Waals surface area contributed by atoms with Crippen LogP contribution >= 0.6 is 0 Å². The van der Waals surface area contributed by atoms with Crippen molar-refractivity contribution in [3.05, 3.63) is 95.1 Å². The number of nitrogens with zero attached hydrogens (tertiary/aromatic N) is 2. The molecule has 5 atom stereocenters. The van der Waals surface area contributed by atoms with E-state index in [1.54, 1.807) is 7.11 Å². The van der Waals surface area contributed by atoms with Gasteiger partial charge in [0.1, 0.15) is 6.04 Å². The largest absolute Gasteiger partial charge is 0.471 e. The minimum atomic E-state index is -5.02. The van der Waals surface area contributed by atoms with E-state index >= 15 is 0 Å². The average molecular weight is 696 g/mol. The normalized spacial score (nSPS) is 24.4. The summed E-state index contributed by atoms with van der Waals surface area (Å²) in [7, 11) is 1.73. The molecule has 3 aromatic carbocycles. The highest BCUT2D eigenvalue weighted by Crippen LogP contribution is 2.39. The second-order valence-corrected chi connectivity index (χ2v) is 13.3. The lowest BCUT2D eigenvalue weighted by Gasteiger charge is -2.39. The maximum Gasteiger partial charge on any atom is 0.471 e. The van der Waals surface area contributed by atoms with Crippen LogP contribution in [0.15, 0.2) is 72.8 Å². The zero-order chi connectivity index (χ0) is 35.3. The third-order valence-electron chi connectivity index (χ3n) is 9.86. The maximum absolute atomic E-state index is 13.1. The number of aliphatic hydroxyl groups excluding tert-OH is 1. The number of aliphatic hydroxyl groups is 1. The number of benzene rings is 3. The zero-order valence-corrected chi connectivity index (χ0v) is 28.1. The van der Waals surface area contributed by atoms with Crippen molar-refractivity contribution < 1.29 is 42.1 Å². The number of nitrogens with one attached hydrogen (secondary N) is 1. The molecule has 268 valence electrons. The number of likely N-dealkylation sites (tertiary alicyclic amines) is 2. The number of hydrogen-bond acceptors (Lipinski definition) is 7. The fourth-order valence-electron chi connectivity index (χ4n) is 7.29. The highest BCUT2D eigenvalue weighted by molar-refractivity contribution is 5.90. The van der Waals surface area contributed by atoms with Crippen molar-refractivity contribution in [1.82, 2.24) is 15.1 Å². The van der Waals surface area contributed by atoms with E-state index in [2.05, 4.69) is 10.2 Å². The predicted molar refractivity (Wildman–Crippen MR) is 179 cm³/mol. The summed E-state index contributed by atoms with van der Waals surface area (Å²) in [6.45, 7) is 2.41. The first-order valence-corrected chi connectivity index (χ1v) is 17.2. The number of carbonyl (C=O) groups excluding carboxylic acids is 2. The van der Waals surface area contributed by atoms with E-state index in [9.17, 15) is 27.9 Å². The molecule has 3 aromatic rings. The third kappa shape index (κ3) is 8.55. The Labute approximate surface area is 290 Å². The van der Waals surface area contributed by atoms with Gasteiger partial charge in [0.05, 0.1) is 25.4 Å². The highest BCUT2D eigenvalue weighted by Gasteiger charge is 2.47. The van der Waals surface area contributed by atoms with E-state index in [4.69, 9.17) is 14.2 Å². The van der Waals surface area contributed by atoms with Gasteiger partial charge >= 0.3 is 12.1 Å². The van der Waals surface area contributed by atoms with E-state index in [0.717, 1.165) is 59.3 Å². The first-order chi connectivity index (χ1) is 24.1. The van der Waals surface area contributed by atoms with E-state index < -0.39 is 30.3 Å². The third-order valence-corrected chi connectivity index (χ3v) is 9.86. The lowest BCUT2D eigenvalue weighted by Crippen LogP contribution is -2.50. The highest BCUT2D eigenvalue weighted by atomic mass is 19.4. The number of amides is 2. The lowest BCUT2D eigenvalue weighted by molar-refractivity contribution is -0.253. The van der Waals surface area contributed by atoms with Gasteiger partial charge in [0.15, 0.2) is 6.29 Å². The quantitative estimate of drug-likeness (QED) is 0.267. The van der Waals surface area contributed by atoms with Gasteiger partial charge in [-0.2, -0.15) is 13.2 Å². The van der Waals surface area contributed by atoms with Crippen LogP contribution < -0.4 is 5.32 Å². The predicted octanol–water partition coefficient (Wildman–Crippen LogP) is 5.67. The number of carbonyl (C=O) groups is 2. The van der Waals surface area contributed by atoms with Crippen LogP contribution in [0.1, 0.15) is 66.8 Å². The summed E-state index contributed by atoms with van der Waals surface area (Å²) in [6.07, 6.45) is -2.54. The molecule has 9 nitrogen and oxygen atoms in total. The topological polar surface area (TPSA) is 101 Å². The summed E-state index contributed by atoms with van der Waals surface area (Å²) in [5.74, 6) is -2.58. The zero-order valence-electron chi connectivity index (χ0n) is 28.1. The molecule has 3 heterocycles. The second-order valence-electron chi connectivity index (χ2n) is 13.3. The number of methoxy groups -OCH3 is 1. The van der Waals surface area contributed by atoms with Crippen LogP contribution in [-0.4, -0.2) is 84.4 Å². The van der Waals surface area contributed by atoms with Crippen LogP contribution in [0.5, 0.6) is 0 Å². The summed E-state index contributed by atoms with van der Waals surface area (Å²) in [5, 5.41) is 12.3. The Morgan fingerprint density at radius 3 is 2.40 bits per heavy atom. The maximum atomic E-state index is 13.1. The van der Waals surface area contributed by atoms with E-state index in [0.29, 0.717) is 30.4 Å². The molecule has 0 spiro atoms. The van der Waals surface area contributed by atoms with Gasteiger partial charge in [-0.1, -0.05) is 60.7 Å². The average Bonchev–Trinajstić information content (AvgIpc) is 3.80. The Kier molecular flexibility index (Phi) is 11.5. The molecule has 3 fully saturated rings. The first kappa shape index (κ1) is 36.0. The van der Waals surface area contributed by atoms with Crippen molar-refractivity contribution >= 4 is 11.8 Å². The minimum Gasteiger partial charge on any atom is -0.392 e. The van der Waals surface area contributed by atoms with Gasteiger partial charge in [0, 0.05) is 44.8 Å². The molecule has 12 heteroatoms. The molecular weight excluding hydrogens is 651 g/mol. The van der Waals surface area contributed by atoms with Crippen molar-refractivity contribution in [1.29, 1.82) is 0 Å². The van der Waals surface area contributed by atoms with Gasteiger partial charge in [0.2, 0.25) is 5.91 Å². The first-order valence-electron chi connectivity index (χ1n) is 17.2.